The molecule has 4 nitrogen and oxygen atoms in total. The summed E-state index contributed by atoms with van der Waals surface area (Å²) in [4.78, 5) is 0. The van der Waals surface area contributed by atoms with Crippen LogP contribution in [0.1, 0.15) is 13.3 Å². The second-order valence-electron chi connectivity index (χ2n) is 5.54. The molecule has 0 spiro atoms. The molecule has 0 radical (unpaired) electrons. The van der Waals surface area contributed by atoms with Crippen LogP contribution in [0.4, 0.5) is 0 Å². The largest absolute Gasteiger partial charge is 0.497 e. The molecule has 0 amide bonds. The molecule has 0 atom stereocenters. The quantitative estimate of drug-likeness (QED) is 0.571. The van der Waals surface area contributed by atoms with Gasteiger partial charge in [-0.05, 0) is 61.9 Å². The minimum atomic E-state index is 0.684. The van der Waals surface area contributed by atoms with Crippen LogP contribution in [0.2, 0.25) is 0 Å². The molecule has 0 aliphatic carbocycles. The van der Waals surface area contributed by atoms with E-state index in [1.54, 1.807) is 7.11 Å². The van der Waals surface area contributed by atoms with Crippen LogP contribution in [0, 0.1) is 0 Å². The Morgan fingerprint density at radius 3 is 2.38 bits per heavy atom. The normalized spacial score (nSPS) is 10.8. The van der Waals surface area contributed by atoms with Crippen LogP contribution in [-0.4, -0.2) is 24.9 Å². The highest BCUT2D eigenvalue weighted by atomic mass is 16.5. The summed E-state index contributed by atoms with van der Waals surface area (Å²) < 4.78 is 18.7. The molecule has 4 heteroatoms. The van der Waals surface area contributed by atoms with Gasteiger partial charge in [0.15, 0.2) is 0 Å². The SMILES string of the molecule is CCOc1ccc2c(ccn2CCCOc2ccc(OC)cc2)c1. The van der Waals surface area contributed by atoms with E-state index in [9.17, 15) is 0 Å². The Labute approximate surface area is 142 Å². The summed E-state index contributed by atoms with van der Waals surface area (Å²) >= 11 is 0. The van der Waals surface area contributed by atoms with E-state index in [1.807, 2.05) is 37.3 Å². The maximum Gasteiger partial charge on any atom is 0.120 e. The summed E-state index contributed by atoms with van der Waals surface area (Å²) in [6.45, 7) is 4.30. The number of fused-ring (bicyclic) bond motifs is 1. The zero-order chi connectivity index (χ0) is 16.8. The van der Waals surface area contributed by atoms with Crippen LogP contribution in [0.25, 0.3) is 10.9 Å². The van der Waals surface area contributed by atoms with Gasteiger partial charge in [0, 0.05) is 23.6 Å². The Balaban J connectivity index is 1.53. The van der Waals surface area contributed by atoms with E-state index in [-0.39, 0.29) is 0 Å². The number of rotatable bonds is 8. The summed E-state index contributed by atoms with van der Waals surface area (Å²) in [5.74, 6) is 2.63. The third-order valence-electron chi connectivity index (χ3n) is 3.92. The topological polar surface area (TPSA) is 32.6 Å². The lowest BCUT2D eigenvalue weighted by Crippen LogP contribution is -2.03. The van der Waals surface area contributed by atoms with Crippen LogP contribution in [0.5, 0.6) is 17.2 Å². The molecule has 0 saturated carbocycles. The molecular weight excluding hydrogens is 302 g/mol. The Bertz CT molecular complexity index is 777. The smallest absolute Gasteiger partial charge is 0.120 e. The first-order valence-corrected chi connectivity index (χ1v) is 8.28. The molecule has 3 rings (SSSR count). The molecule has 24 heavy (non-hydrogen) atoms. The van der Waals surface area contributed by atoms with Crippen LogP contribution in [-0.2, 0) is 6.54 Å². The second kappa shape index (κ2) is 7.77. The van der Waals surface area contributed by atoms with E-state index in [0.29, 0.717) is 13.2 Å². The van der Waals surface area contributed by atoms with Crippen molar-refractivity contribution in [1.82, 2.24) is 4.57 Å². The van der Waals surface area contributed by atoms with Crippen molar-refractivity contribution in [2.75, 3.05) is 20.3 Å². The van der Waals surface area contributed by atoms with Crippen molar-refractivity contribution in [3.63, 3.8) is 0 Å². The lowest BCUT2D eigenvalue weighted by atomic mass is 10.2. The maximum absolute atomic E-state index is 5.78. The van der Waals surface area contributed by atoms with Gasteiger partial charge >= 0.3 is 0 Å². The number of ether oxygens (including phenoxy) is 3. The van der Waals surface area contributed by atoms with Gasteiger partial charge in [0.25, 0.3) is 0 Å². The van der Waals surface area contributed by atoms with Gasteiger partial charge in [-0.25, -0.2) is 0 Å². The number of aromatic nitrogens is 1. The predicted octanol–water partition coefficient (Wildman–Crippen LogP) is 4.52. The molecule has 2 aromatic carbocycles. The van der Waals surface area contributed by atoms with Crippen LogP contribution in [0.15, 0.2) is 54.7 Å². The summed E-state index contributed by atoms with van der Waals surface area (Å²) in [7, 11) is 1.66. The summed E-state index contributed by atoms with van der Waals surface area (Å²) in [6, 6.07) is 16.0. The Morgan fingerprint density at radius 1 is 0.875 bits per heavy atom. The Kier molecular flexibility index (Phi) is 5.26. The van der Waals surface area contributed by atoms with E-state index in [4.69, 9.17) is 14.2 Å². The van der Waals surface area contributed by atoms with Crippen molar-refractivity contribution in [2.24, 2.45) is 0 Å². The van der Waals surface area contributed by atoms with Crippen LogP contribution >= 0.6 is 0 Å². The predicted molar refractivity (Wildman–Crippen MR) is 96.2 cm³/mol. The fourth-order valence-corrected chi connectivity index (χ4v) is 2.73. The molecule has 0 unspecified atom stereocenters. The van der Waals surface area contributed by atoms with Gasteiger partial charge < -0.3 is 18.8 Å². The third-order valence-corrected chi connectivity index (χ3v) is 3.92. The van der Waals surface area contributed by atoms with Crippen molar-refractivity contribution in [3.8, 4) is 17.2 Å². The van der Waals surface area contributed by atoms with E-state index < -0.39 is 0 Å². The van der Waals surface area contributed by atoms with Gasteiger partial charge in [-0.15, -0.1) is 0 Å². The Hall–Kier alpha value is -2.62. The molecule has 0 fully saturated rings. The highest BCUT2D eigenvalue weighted by Gasteiger charge is 2.03. The lowest BCUT2D eigenvalue weighted by Gasteiger charge is -2.09. The first-order valence-electron chi connectivity index (χ1n) is 8.28. The second-order valence-corrected chi connectivity index (χ2v) is 5.54. The minimum Gasteiger partial charge on any atom is -0.497 e. The van der Waals surface area contributed by atoms with Crippen LogP contribution in [0.3, 0.4) is 0 Å². The van der Waals surface area contributed by atoms with Gasteiger partial charge in [-0.2, -0.15) is 0 Å². The zero-order valence-corrected chi connectivity index (χ0v) is 14.2. The van der Waals surface area contributed by atoms with Crippen molar-refractivity contribution in [1.29, 1.82) is 0 Å². The Morgan fingerprint density at radius 2 is 1.62 bits per heavy atom. The van der Waals surface area contributed by atoms with Crippen molar-refractivity contribution >= 4 is 10.9 Å². The maximum atomic E-state index is 5.78. The third kappa shape index (κ3) is 3.82. The number of nitrogens with zero attached hydrogens (tertiary/aromatic N) is 1. The van der Waals surface area contributed by atoms with Gasteiger partial charge in [0.2, 0.25) is 0 Å². The van der Waals surface area contributed by atoms with E-state index >= 15 is 0 Å². The molecule has 1 aromatic heterocycles. The number of methoxy groups -OCH3 is 1. The first kappa shape index (κ1) is 16.2. The molecule has 0 aliphatic heterocycles. The molecular formula is C20H23NO3. The summed E-state index contributed by atoms with van der Waals surface area (Å²) in [6.07, 6.45) is 3.07. The fraction of sp³-hybridized carbons (Fsp3) is 0.300. The van der Waals surface area contributed by atoms with E-state index in [0.717, 1.165) is 30.2 Å². The highest BCUT2D eigenvalue weighted by molar-refractivity contribution is 5.81. The number of hydrogen-bond donors (Lipinski definition) is 0. The number of aryl methyl sites for hydroxylation is 1. The zero-order valence-electron chi connectivity index (χ0n) is 14.2. The summed E-state index contributed by atoms with van der Waals surface area (Å²) in [5.41, 5.74) is 1.22. The fourth-order valence-electron chi connectivity index (χ4n) is 2.73. The van der Waals surface area contributed by atoms with Crippen LogP contribution < -0.4 is 14.2 Å². The molecule has 0 aliphatic rings. The molecule has 126 valence electrons. The average Bonchev–Trinajstić information content (AvgIpc) is 3.02. The van der Waals surface area contributed by atoms with Gasteiger partial charge in [-0.3, -0.25) is 0 Å². The molecule has 0 saturated heterocycles. The van der Waals surface area contributed by atoms with E-state index in [2.05, 4.69) is 29.0 Å². The molecule has 0 bridgehead atoms. The van der Waals surface area contributed by atoms with E-state index in [1.165, 1.54) is 10.9 Å². The first-order chi connectivity index (χ1) is 11.8. The van der Waals surface area contributed by atoms with Gasteiger partial charge in [-0.1, -0.05) is 0 Å². The monoisotopic (exact) mass is 325 g/mol. The number of hydrogen-bond acceptors (Lipinski definition) is 3. The van der Waals surface area contributed by atoms with Crippen molar-refractivity contribution in [3.05, 3.63) is 54.7 Å². The van der Waals surface area contributed by atoms with Crippen molar-refractivity contribution < 1.29 is 14.2 Å². The number of benzene rings is 2. The standard InChI is InChI=1S/C20H23NO3/c1-3-23-19-9-10-20-16(15-19)11-13-21(20)12-4-14-24-18-7-5-17(22-2)6-8-18/h5-11,13,15H,3-4,12,14H2,1-2H3. The van der Waals surface area contributed by atoms with Gasteiger partial charge in [0.1, 0.15) is 17.2 Å². The minimum absolute atomic E-state index is 0.684. The van der Waals surface area contributed by atoms with Crippen molar-refractivity contribution in [2.45, 2.75) is 19.9 Å². The molecule has 3 aromatic rings. The lowest BCUT2D eigenvalue weighted by molar-refractivity contribution is 0.302. The molecule has 1 heterocycles. The summed E-state index contributed by atoms with van der Waals surface area (Å²) in [5, 5.41) is 1.21. The highest BCUT2D eigenvalue weighted by Crippen LogP contribution is 2.22. The molecule has 0 N–H and O–H groups in total. The average molecular weight is 325 g/mol. The van der Waals surface area contributed by atoms with Gasteiger partial charge in [0.05, 0.1) is 20.3 Å².